The maximum absolute atomic E-state index is 13.4. The van der Waals surface area contributed by atoms with E-state index >= 15 is 0 Å². The number of aromatic nitrogens is 2. The van der Waals surface area contributed by atoms with Gasteiger partial charge in [-0.2, -0.15) is 5.10 Å². The standard InChI is InChI=1S/C21H26F2N6O2/c1-14(13-27(3)24-2)16-12-15-17(5-7-25-19(15)26-16)28-8-10-29(11-9-28)20(30)31-18-4-6-21(18,22)23/h5,7,12-13,18H,2,4,6,8-11H2,1,3H3,(H,25,26)/b14-13+/t18-/m0/s1. The van der Waals surface area contributed by atoms with Gasteiger partial charge in [0.05, 0.1) is 0 Å². The van der Waals surface area contributed by atoms with Crippen LogP contribution in [0.15, 0.2) is 29.6 Å². The van der Waals surface area contributed by atoms with Crippen LogP contribution in [-0.4, -0.2) is 77.9 Å². The zero-order chi connectivity index (χ0) is 22.2. The molecule has 1 atom stereocenters. The highest BCUT2D eigenvalue weighted by molar-refractivity contribution is 5.92. The van der Waals surface area contributed by atoms with Crippen LogP contribution < -0.4 is 4.90 Å². The van der Waals surface area contributed by atoms with Crippen LogP contribution in [0.5, 0.6) is 0 Å². The van der Waals surface area contributed by atoms with Gasteiger partial charge in [-0.15, -0.1) is 0 Å². The zero-order valence-electron chi connectivity index (χ0n) is 17.6. The number of hydrogen-bond acceptors (Lipinski definition) is 6. The summed E-state index contributed by atoms with van der Waals surface area (Å²) in [7, 11) is 1.80. The van der Waals surface area contributed by atoms with Crippen molar-refractivity contribution in [2.24, 2.45) is 5.10 Å². The summed E-state index contributed by atoms with van der Waals surface area (Å²) in [6.45, 7) is 7.45. The van der Waals surface area contributed by atoms with Crippen LogP contribution >= 0.6 is 0 Å². The lowest BCUT2D eigenvalue weighted by Gasteiger charge is -2.39. The number of rotatable bonds is 5. The number of anilines is 1. The Bertz CT molecular complexity index is 1010. The summed E-state index contributed by atoms with van der Waals surface area (Å²) in [5.41, 5.74) is 3.69. The maximum atomic E-state index is 13.4. The summed E-state index contributed by atoms with van der Waals surface area (Å²) >= 11 is 0. The highest BCUT2D eigenvalue weighted by Gasteiger charge is 2.51. The van der Waals surface area contributed by atoms with E-state index < -0.39 is 18.1 Å². The summed E-state index contributed by atoms with van der Waals surface area (Å²) in [4.78, 5) is 23.7. The molecule has 1 aliphatic heterocycles. The number of alkyl halides is 2. The first-order valence-electron chi connectivity index (χ1n) is 10.2. The summed E-state index contributed by atoms with van der Waals surface area (Å²) in [5, 5.41) is 6.45. The Hall–Kier alpha value is -3.17. The number of H-pyrrole nitrogens is 1. The number of allylic oxidation sites excluding steroid dienone is 1. The number of hydrazone groups is 1. The predicted octanol–water partition coefficient (Wildman–Crippen LogP) is 3.53. The molecule has 1 saturated carbocycles. The van der Waals surface area contributed by atoms with Crippen LogP contribution in [0.1, 0.15) is 25.5 Å². The number of aromatic amines is 1. The summed E-state index contributed by atoms with van der Waals surface area (Å²) in [5.74, 6) is -2.89. The summed E-state index contributed by atoms with van der Waals surface area (Å²) in [6, 6.07) is 3.99. The first-order chi connectivity index (χ1) is 14.8. The molecular formula is C21H26F2N6O2. The van der Waals surface area contributed by atoms with Crippen LogP contribution in [0.2, 0.25) is 0 Å². The molecule has 1 saturated heterocycles. The maximum Gasteiger partial charge on any atom is 0.410 e. The van der Waals surface area contributed by atoms with Crippen LogP contribution in [0.25, 0.3) is 16.6 Å². The number of halogens is 2. The van der Waals surface area contributed by atoms with Crippen LogP contribution in [0.3, 0.4) is 0 Å². The highest BCUT2D eigenvalue weighted by Crippen LogP contribution is 2.40. The third-order valence-corrected chi connectivity index (χ3v) is 5.87. The average molecular weight is 432 g/mol. The van der Waals surface area contributed by atoms with Crippen molar-refractivity contribution in [3.8, 4) is 0 Å². The fourth-order valence-electron chi connectivity index (χ4n) is 3.84. The van der Waals surface area contributed by atoms with Gasteiger partial charge in [-0.25, -0.2) is 18.6 Å². The topological polar surface area (TPSA) is 77.1 Å². The Balaban J connectivity index is 1.45. The first kappa shape index (κ1) is 21.1. The molecule has 0 bridgehead atoms. The van der Waals surface area contributed by atoms with Gasteiger partial charge >= 0.3 is 6.09 Å². The molecule has 31 heavy (non-hydrogen) atoms. The quantitative estimate of drug-likeness (QED) is 0.578. The number of fused-ring (bicyclic) bond motifs is 1. The number of hydrogen-bond donors (Lipinski definition) is 1. The molecule has 0 radical (unpaired) electrons. The van der Waals surface area contributed by atoms with Crippen molar-refractivity contribution in [3.05, 3.63) is 30.2 Å². The lowest BCUT2D eigenvalue weighted by Crippen LogP contribution is -2.53. The van der Waals surface area contributed by atoms with Crippen LogP contribution in [-0.2, 0) is 4.74 Å². The number of nitrogens with one attached hydrogen (secondary N) is 1. The molecule has 10 heteroatoms. The highest BCUT2D eigenvalue weighted by atomic mass is 19.3. The lowest BCUT2D eigenvalue weighted by molar-refractivity contribution is -0.179. The van der Waals surface area contributed by atoms with Gasteiger partial charge in [0.2, 0.25) is 0 Å². The summed E-state index contributed by atoms with van der Waals surface area (Å²) in [6.07, 6.45) is 1.66. The minimum atomic E-state index is -2.89. The second kappa shape index (κ2) is 8.16. The van der Waals surface area contributed by atoms with Gasteiger partial charge < -0.3 is 19.5 Å². The fraction of sp³-hybridized carbons (Fsp3) is 0.476. The van der Waals surface area contributed by atoms with E-state index in [4.69, 9.17) is 4.74 Å². The minimum absolute atomic E-state index is 0.218. The third kappa shape index (κ3) is 4.19. The van der Waals surface area contributed by atoms with Crippen molar-refractivity contribution in [1.82, 2.24) is 19.9 Å². The van der Waals surface area contributed by atoms with Gasteiger partial charge in [-0.05, 0) is 31.1 Å². The Labute approximate surface area is 179 Å². The Morgan fingerprint density at radius 1 is 1.42 bits per heavy atom. The second-order valence-corrected chi connectivity index (χ2v) is 7.95. The van der Waals surface area contributed by atoms with E-state index in [1.807, 2.05) is 25.3 Å². The average Bonchev–Trinajstić information content (AvgIpc) is 3.21. The third-order valence-electron chi connectivity index (χ3n) is 5.87. The lowest BCUT2D eigenvalue weighted by atomic mass is 9.91. The van der Waals surface area contributed by atoms with Gasteiger partial charge in [-0.3, -0.25) is 5.01 Å². The van der Waals surface area contributed by atoms with Crippen molar-refractivity contribution in [3.63, 3.8) is 0 Å². The predicted molar refractivity (Wildman–Crippen MR) is 115 cm³/mol. The van der Waals surface area contributed by atoms with Gasteiger partial charge in [0.25, 0.3) is 5.92 Å². The van der Waals surface area contributed by atoms with Crippen molar-refractivity contribution < 1.29 is 18.3 Å². The number of carbonyl (C=O) groups is 1. The van der Waals surface area contributed by atoms with E-state index in [2.05, 4.69) is 26.7 Å². The molecule has 1 amide bonds. The van der Waals surface area contributed by atoms with Gasteiger partial charge in [0, 0.05) is 75.5 Å². The molecule has 0 unspecified atom stereocenters. The van der Waals surface area contributed by atoms with E-state index in [1.165, 1.54) is 4.90 Å². The van der Waals surface area contributed by atoms with Crippen molar-refractivity contribution in [2.45, 2.75) is 31.8 Å². The largest absolute Gasteiger partial charge is 0.440 e. The molecule has 8 nitrogen and oxygen atoms in total. The molecule has 4 rings (SSSR count). The summed E-state index contributed by atoms with van der Waals surface area (Å²) < 4.78 is 31.8. The van der Waals surface area contributed by atoms with Crippen LogP contribution in [0, 0.1) is 0 Å². The van der Waals surface area contributed by atoms with Gasteiger partial charge in [0.1, 0.15) is 5.65 Å². The smallest absolute Gasteiger partial charge is 0.410 e. The van der Waals surface area contributed by atoms with Crippen molar-refractivity contribution in [2.75, 3.05) is 38.1 Å². The van der Waals surface area contributed by atoms with Crippen molar-refractivity contribution >= 4 is 35.1 Å². The van der Waals surface area contributed by atoms with E-state index in [1.54, 1.807) is 18.3 Å². The van der Waals surface area contributed by atoms with Crippen molar-refractivity contribution in [1.29, 1.82) is 0 Å². The molecule has 0 aromatic carbocycles. The molecule has 1 aliphatic carbocycles. The number of piperazine rings is 1. The normalized spacial score (nSPS) is 21.0. The SMILES string of the molecule is C=NN(C)/C=C(\C)c1cc2c(N3CCN(C(=O)O[C@H]4CCC4(F)F)CC3)ccnc2[nH]1. The zero-order valence-corrected chi connectivity index (χ0v) is 17.6. The molecule has 2 aliphatic rings. The Kier molecular flexibility index (Phi) is 5.55. The first-order valence-corrected chi connectivity index (χ1v) is 10.2. The minimum Gasteiger partial charge on any atom is -0.440 e. The molecule has 3 heterocycles. The monoisotopic (exact) mass is 432 g/mol. The van der Waals surface area contributed by atoms with E-state index in [9.17, 15) is 13.6 Å². The number of amides is 1. The molecule has 0 spiro atoms. The molecule has 2 aromatic rings. The molecule has 1 N–H and O–H groups in total. The van der Waals surface area contributed by atoms with Gasteiger partial charge in [0.15, 0.2) is 6.10 Å². The molecule has 2 aromatic heterocycles. The van der Waals surface area contributed by atoms with Gasteiger partial charge in [-0.1, -0.05) is 0 Å². The Morgan fingerprint density at radius 3 is 2.77 bits per heavy atom. The number of ether oxygens (including phenoxy) is 1. The van der Waals surface area contributed by atoms with E-state index in [0.29, 0.717) is 26.2 Å². The Morgan fingerprint density at radius 2 is 2.16 bits per heavy atom. The number of nitrogens with zero attached hydrogens (tertiary/aromatic N) is 5. The van der Waals surface area contributed by atoms with E-state index in [-0.39, 0.29) is 12.8 Å². The molecule has 166 valence electrons. The molecule has 2 fully saturated rings. The second-order valence-electron chi connectivity index (χ2n) is 7.95. The molecular weight excluding hydrogens is 406 g/mol. The fourth-order valence-corrected chi connectivity index (χ4v) is 3.84. The van der Waals surface area contributed by atoms with E-state index in [0.717, 1.165) is 28.0 Å². The number of carbonyl (C=O) groups excluding carboxylic acids is 1. The van der Waals surface area contributed by atoms with Crippen LogP contribution in [0.4, 0.5) is 19.3 Å². The number of pyridine rings is 1.